The number of rotatable bonds is 28. The zero-order valence-electron chi connectivity index (χ0n) is 31.6. The number of carbonyl (C=O) groups is 2. The molecule has 0 spiro atoms. The van der Waals surface area contributed by atoms with E-state index in [1.54, 1.807) is 60.7 Å². The van der Waals surface area contributed by atoms with Crippen LogP contribution in [0.2, 0.25) is 0 Å². The van der Waals surface area contributed by atoms with Crippen molar-refractivity contribution in [1.82, 2.24) is 0 Å². The summed E-state index contributed by atoms with van der Waals surface area (Å²) in [7, 11) is 0. The zero-order chi connectivity index (χ0) is 38.1. The Labute approximate surface area is 321 Å². The number of esters is 2. The van der Waals surface area contributed by atoms with E-state index in [0.29, 0.717) is 58.1 Å². The maximum absolute atomic E-state index is 13.1. The lowest BCUT2D eigenvalue weighted by molar-refractivity contribution is 0.0723. The smallest absolute Gasteiger partial charge is 0.343 e. The van der Waals surface area contributed by atoms with Gasteiger partial charge in [0.1, 0.15) is 23.0 Å². The van der Waals surface area contributed by atoms with E-state index in [1.807, 2.05) is 24.3 Å². The van der Waals surface area contributed by atoms with Crippen LogP contribution in [0.4, 0.5) is 0 Å². The second-order valence-corrected chi connectivity index (χ2v) is 13.2. The minimum atomic E-state index is -0.490. The molecule has 0 bridgehead atoms. The Morgan fingerprint density at radius 1 is 0.426 bits per heavy atom. The minimum absolute atomic E-state index is 0.372. The summed E-state index contributed by atoms with van der Waals surface area (Å²) in [6.07, 6.45) is 19.0. The fourth-order valence-electron chi connectivity index (χ4n) is 6.00. The fourth-order valence-corrected chi connectivity index (χ4v) is 6.00. The minimum Gasteiger partial charge on any atom is -0.502 e. The van der Waals surface area contributed by atoms with Gasteiger partial charge in [0.25, 0.3) is 0 Å². The van der Waals surface area contributed by atoms with Crippen LogP contribution in [0, 0.1) is 0 Å². The summed E-state index contributed by atoms with van der Waals surface area (Å²) in [4.78, 5) is 26.2. The van der Waals surface area contributed by atoms with Crippen molar-refractivity contribution < 1.29 is 38.0 Å². The van der Waals surface area contributed by atoms with E-state index in [2.05, 4.69) is 13.2 Å². The summed E-state index contributed by atoms with van der Waals surface area (Å²) >= 11 is 0. The van der Waals surface area contributed by atoms with Crippen LogP contribution in [0.5, 0.6) is 23.0 Å². The van der Waals surface area contributed by atoms with E-state index >= 15 is 0 Å². The third kappa shape index (κ3) is 15.0. The van der Waals surface area contributed by atoms with Crippen LogP contribution in [0.3, 0.4) is 0 Å². The lowest BCUT2D eigenvalue weighted by atomic mass is 10.1. The first-order valence-electron chi connectivity index (χ1n) is 19.5. The topological polar surface area (TPSA) is 89.5 Å². The average Bonchev–Trinajstić information content (AvgIpc) is 3.20. The third-order valence-corrected chi connectivity index (χ3v) is 9.02. The molecule has 0 N–H and O–H groups in total. The highest BCUT2D eigenvalue weighted by molar-refractivity contribution is 6.00. The Morgan fingerprint density at radius 3 is 1.11 bits per heavy atom. The molecule has 0 aliphatic heterocycles. The molecular formula is C46H56O8. The summed E-state index contributed by atoms with van der Waals surface area (Å²) in [5.74, 6) is 1.19. The van der Waals surface area contributed by atoms with Crippen LogP contribution in [0.1, 0.15) is 111 Å². The van der Waals surface area contributed by atoms with Crippen molar-refractivity contribution in [1.29, 1.82) is 0 Å². The zero-order valence-corrected chi connectivity index (χ0v) is 31.6. The van der Waals surface area contributed by atoms with Gasteiger partial charge in [-0.2, -0.15) is 0 Å². The standard InChI is InChI=1S/C46H56O8/c1-3-49-33-17-11-7-5-9-13-19-35-51-39-27-23-37(24-28-39)45(47)53-43-31-32-44(42-22-16-15-21-41(42)43)54-46(48)38-25-29-40(30-26-38)52-36-20-14-10-6-8-12-18-34-50-4-2/h3-4,15-16,21-32H,1-2,5-14,17-20,33-36H2. The van der Waals surface area contributed by atoms with E-state index in [9.17, 15) is 9.59 Å². The third-order valence-electron chi connectivity index (χ3n) is 9.02. The van der Waals surface area contributed by atoms with Gasteiger partial charge >= 0.3 is 11.9 Å². The van der Waals surface area contributed by atoms with Crippen molar-refractivity contribution in [3.63, 3.8) is 0 Å². The molecule has 0 saturated heterocycles. The number of benzene rings is 4. The van der Waals surface area contributed by atoms with Gasteiger partial charge in [-0.15, -0.1) is 0 Å². The largest absolute Gasteiger partial charge is 0.502 e. The summed E-state index contributed by atoms with van der Waals surface area (Å²) in [6.45, 7) is 9.88. The lowest BCUT2D eigenvalue weighted by Crippen LogP contribution is -2.10. The molecule has 0 unspecified atom stereocenters. The molecule has 4 aromatic carbocycles. The van der Waals surface area contributed by atoms with Crippen molar-refractivity contribution >= 4 is 22.7 Å². The normalized spacial score (nSPS) is 10.7. The highest BCUT2D eigenvalue weighted by Gasteiger charge is 2.16. The molecule has 4 rings (SSSR count). The van der Waals surface area contributed by atoms with Gasteiger partial charge in [0.15, 0.2) is 0 Å². The van der Waals surface area contributed by atoms with Crippen LogP contribution in [-0.2, 0) is 9.47 Å². The predicted octanol–water partition coefficient (Wildman–Crippen LogP) is 11.8. The number of carbonyl (C=O) groups excluding carboxylic acids is 2. The molecule has 0 heterocycles. The van der Waals surface area contributed by atoms with Gasteiger partial charge in [-0.25, -0.2) is 9.59 Å². The molecule has 0 saturated carbocycles. The van der Waals surface area contributed by atoms with Gasteiger partial charge in [0.05, 0.1) is 50.1 Å². The van der Waals surface area contributed by atoms with Crippen LogP contribution >= 0.6 is 0 Å². The molecule has 0 aliphatic carbocycles. The highest BCUT2D eigenvalue weighted by atomic mass is 16.5. The van der Waals surface area contributed by atoms with Crippen molar-refractivity contribution in [3.05, 3.63) is 122 Å². The predicted molar refractivity (Wildman–Crippen MR) is 215 cm³/mol. The van der Waals surface area contributed by atoms with E-state index < -0.39 is 11.9 Å². The van der Waals surface area contributed by atoms with E-state index in [-0.39, 0.29) is 0 Å². The maximum atomic E-state index is 13.1. The van der Waals surface area contributed by atoms with Gasteiger partial charge in [-0.05, 0) is 86.3 Å². The summed E-state index contributed by atoms with van der Waals surface area (Å²) in [5, 5.41) is 1.30. The molecule has 4 aromatic rings. The SMILES string of the molecule is C=COCCCCCCCCCOc1ccc(C(=O)Oc2ccc(OC(=O)c3ccc(OCCCCCCCCCOC=C)cc3)c3ccccc23)cc1. The van der Waals surface area contributed by atoms with Crippen LogP contribution < -0.4 is 18.9 Å². The fraction of sp³-hybridized carbons (Fsp3) is 0.391. The van der Waals surface area contributed by atoms with E-state index in [4.69, 9.17) is 28.4 Å². The van der Waals surface area contributed by atoms with Crippen molar-refractivity contribution in [2.45, 2.75) is 89.9 Å². The molecule has 0 aromatic heterocycles. The van der Waals surface area contributed by atoms with Gasteiger partial charge in [0.2, 0.25) is 0 Å². The highest BCUT2D eigenvalue weighted by Crippen LogP contribution is 2.34. The van der Waals surface area contributed by atoms with Gasteiger partial charge in [0, 0.05) is 10.8 Å². The quantitative estimate of drug-likeness (QED) is 0.0246. The van der Waals surface area contributed by atoms with Gasteiger partial charge in [-0.3, -0.25) is 0 Å². The Morgan fingerprint density at radius 2 is 0.759 bits per heavy atom. The van der Waals surface area contributed by atoms with Crippen molar-refractivity contribution in [3.8, 4) is 23.0 Å². The monoisotopic (exact) mass is 736 g/mol. The Bertz CT molecular complexity index is 1570. The molecule has 0 amide bonds. The second-order valence-electron chi connectivity index (χ2n) is 13.2. The average molecular weight is 737 g/mol. The van der Waals surface area contributed by atoms with Crippen LogP contribution in [-0.4, -0.2) is 38.4 Å². The molecule has 8 heteroatoms. The number of unbranched alkanes of at least 4 members (excludes halogenated alkanes) is 12. The van der Waals surface area contributed by atoms with E-state index in [1.165, 1.54) is 63.9 Å². The van der Waals surface area contributed by atoms with Gasteiger partial charge in [-0.1, -0.05) is 102 Å². The Kier molecular flexibility index (Phi) is 19.1. The second kappa shape index (κ2) is 24.9. The molecule has 0 aliphatic rings. The van der Waals surface area contributed by atoms with Crippen molar-refractivity contribution in [2.75, 3.05) is 26.4 Å². The van der Waals surface area contributed by atoms with E-state index in [0.717, 1.165) is 51.7 Å². The first kappa shape index (κ1) is 41.5. The molecule has 288 valence electrons. The number of hydrogen-bond donors (Lipinski definition) is 0. The van der Waals surface area contributed by atoms with Crippen molar-refractivity contribution in [2.24, 2.45) is 0 Å². The molecule has 54 heavy (non-hydrogen) atoms. The van der Waals surface area contributed by atoms with Crippen LogP contribution in [0.25, 0.3) is 10.8 Å². The lowest BCUT2D eigenvalue weighted by Gasteiger charge is -2.12. The Balaban J connectivity index is 1.18. The molecule has 0 atom stereocenters. The van der Waals surface area contributed by atoms with Crippen LogP contribution in [0.15, 0.2) is 111 Å². The molecule has 0 fully saturated rings. The molecule has 8 nitrogen and oxygen atoms in total. The Hall–Kier alpha value is -5.24. The molecule has 0 radical (unpaired) electrons. The summed E-state index contributed by atoms with van der Waals surface area (Å²) in [5.41, 5.74) is 0.815. The first-order valence-corrected chi connectivity index (χ1v) is 19.5. The summed E-state index contributed by atoms with van der Waals surface area (Å²) < 4.78 is 33.7. The first-order chi connectivity index (χ1) is 26.6. The summed E-state index contributed by atoms with van der Waals surface area (Å²) in [6, 6.07) is 24.6. The number of fused-ring (bicyclic) bond motifs is 1. The van der Waals surface area contributed by atoms with Gasteiger partial charge < -0.3 is 28.4 Å². The molecular weight excluding hydrogens is 680 g/mol. The number of ether oxygens (including phenoxy) is 6. The number of hydrogen-bond acceptors (Lipinski definition) is 8. The maximum Gasteiger partial charge on any atom is 0.343 e.